The second-order valence-electron chi connectivity index (χ2n) is 2.41. The molecule has 1 aromatic rings. The molecule has 0 saturated carbocycles. The Kier molecular flexibility index (Phi) is 7.05. The maximum absolute atomic E-state index is 9.82. The van der Waals surface area contributed by atoms with Crippen LogP contribution in [0, 0.1) is 0 Å². The number of ether oxygens (including phenoxy) is 1. The highest BCUT2D eigenvalue weighted by Gasteiger charge is 1.81. The van der Waals surface area contributed by atoms with Crippen LogP contribution in [0.3, 0.4) is 0 Å². The van der Waals surface area contributed by atoms with E-state index in [4.69, 9.17) is 0 Å². The van der Waals surface area contributed by atoms with Gasteiger partial charge in [0, 0.05) is 19.3 Å². The van der Waals surface area contributed by atoms with Crippen LogP contribution in [-0.2, 0) is 9.53 Å². The van der Waals surface area contributed by atoms with Gasteiger partial charge in [0.15, 0.2) is 0 Å². The Hall–Kier alpha value is -1.64. The van der Waals surface area contributed by atoms with Crippen LogP contribution in [0.1, 0.15) is 19.4 Å². The maximum Gasteiger partial charge on any atom is 0.302 e. The van der Waals surface area contributed by atoms with E-state index >= 15 is 0 Å². The first-order chi connectivity index (χ1) is 6.70. The van der Waals surface area contributed by atoms with Crippen LogP contribution in [0.25, 0.3) is 6.08 Å². The lowest BCUT2D eigenvalue weighted by Gasteiger charge is -1.89. The van der Waals surface area contributed by atoms with E-state index in [1.165, 1.54) is 6.92 Å². The van der Waals surface area contributed by atoms with Gasteiger partial charge in [-0.15, -0.1) is 0 Å². The molecule has 0 fully saturated rings. The molecule has 1 aromatic heterocycles. The zero-order chi connectivity index (χ0) is 10.8. The van der Waals surface area contributed by atoms with Crippen molar-refractivity contribution >= 4 is 12.0 Å². The van der Waals surface area contributed by atoms with Crippen molar-refractivity contribution in [1.29, 1.82) is 0 Å². The summed E-state index contributed by atoms with van der Waals surface area (Å²) in [6.45, 7) is 7.26. The van der Waals surface area contributed by atoms with Gasteiger partial charge in [-0.1, -0.05) is 12.7 Å². The standard InChI is InChI=1S/C7H7N.C4H8O2/c1-2-7-3-5-8-6-4-7;1-3-6-4(2)5/h2-6H,1H2;3H2,1-2H3. The fourth-order valence-corrected chi connectivity index (χ4v) is 0.703. The molecule has 3 nitrogen and oxygen atoms in total. The number of nitrogens with zero attached hydrogens (tertiary/aromatic N) is 1. The summed E-state index contributed by atoms with van der Waals surface area (Å²) in [6, 6.07) is 3.82. The number of rotatable bonds is 2. The SMILES string of the molecule is C=Cc1ccncc1.CCOC(C)=O. The Morgan fingerprint density at radius 1 is 1.57 bits per heavy atom. The molecule has 0 aliphatic carbocycles. The van der Waals surface area contributed by atoms with E-state index in [0.717, 1.165) is 5.56 Å². The monoisotopic (exact) mass is 193 g/mol. The minimum absolute atomic E-state index is 0.211. The summed E-state index contributed by atoms with van der Waals surface area (Å²) < 4.78 is 4.40. The number of esters is 1. The molecule has 1 rings (SSSR count). The molecule has 0 N–H and O–H groups in total. The average molecular weight is 193 g/mol. The second-order valence-corrected chi connectivity index (χ2v) is 2.41. The highest BCUT2D eigenvalue weighted by Crippen LogP contribution is 1.94. The smallest absolute Gasteiger partial charge is 0.302 e. The number of carbonyl (C=O) groups is 1. The molecule has 0 bridgehead atoms. The molecule has 0 atom stereocenters. The predicted octanol–water partition coefficient (Wildman–Crippen LogP) is 2.29. The molecule has 0 saturated heterocycles. The van der Waals surface area contributed by atoms with Crippen LogP contribution < -0.4 is 0 Å². The molecule has 0 aliphatic rings. The van der Waals surface area contributed by atoms with Crippen molar-refractivity contribution in [1.82, 2.24) is 4.98 Å². The van der Waals surface area contributed by atoms with Crippen LogP contribution in [-0.4, -0.2) is 17.6 Å². The van der Waals surface area contributed by atoms with Crippen molar-refractivity contribution in [3.63, 3.8) is 0 Å². The molecule has 0 unspecified atom stereocenters. The van der Waals surface area contributed by atoms with Gasteiger partial charge in [0.05, 0.1) is 6.61 Å². The Balaban J connectivity index is 0.000000255. The average Bonchev–Trinajstić information content (AvgIpc) is 2.20. The van der Waals surface area contributed by atoms with Crippen molar-refractivity contribution in [2.45, 2.75) is 13.8 Å². The van der Waals surface area contributed by atoms with Gasteiger partial charge in [-0.05, 0) is 24.6 Å². The highest BCUT2D eigenvalue weighted by atomic mass is 16.5. The summed E-state index contributed by atoms with van der Waals surface area (Å²) in [6.07, 6.45) is 5.29. The van der Waals surface area contributed by atoms with Gasteiger partial charge < -0.3 is 4.74 Å². The van der Waals surface area contributed by atoms with Crippen molar-refractivity contribution in [2.75, 3.05) is 6.61 Å². The predicted molar refractivity (Wildman–Crippen MR) is 56.6 cm³/mol. The Morgan fingerprint density at radius 3 is 2.36 bits per heavy atom. The van der Waals surface area contributed by atoms with Crippen LogP contribution in [0.2, 0.25) is 0 Å². The number of pyridine rings is 1. The van der Waals surface area contributed by atoms with Gasteiger partial charge in [-0.25, -0.2) is 0 Å². The van der Waals surface area contributed by atoms with Crippen molar-refractivity contribution in [2.24, 2.45) is 0 Å². The van der Waals surface area contributed by atoms with Gasteiger partial charge in [0.25, 0.3) is 0 Å². The van der Waals surface area contributed by atoms with Crippen LogP contribution >= 0.6 is 0 Å². The molecule has 3 heteroatoms. The molecular weight excluding hydrogens is 178 g/mol. The summed E-state index contributed by atoms with van der Waals surface area (Å²) in [5.41, 5.74) is 1.11. The van der Waals surface area contributed by atoms with E-state index in [1.54, 1.807) is 25.4 Å². The maximum atomic E-state index is 9.82. The first-order valence-corrected chi connectivity index (χ1v) is 4.36. The van der Waals surface area contributed by atoms with E-state index in [2.05, 4.69) is 16.3 Å². The van der Waals surface area contributed by atoms with E-state index in [1.807, 2.05) is 12.1 Å². The largest absolute Gasteiger partial charge is 0.466 e. The lowest BCUT2D eigenvalue weighted by molar-refractivity contribution is -0.140. The summed E-state index contributed by atoms with van der Waals surface area (Å²) >= 11 is 0. The van der Waals surface area contributed by atoms with Crippen molar-refractivity contribution in [3.8, 4) is 0 Å². The topological polar surface area (TPSA) is 39.2 Å². The molecule has 1 heterocycles. The molecule has 0 aromatic carbocycles. The quantitative estimate of drug-likeness (QED) is 0.676. The molecule has 0 spiro atoms. The highest BCUT2D eigenvalue weighted by molar-refractivity contribution is 5.65. The lowest BCUT2D eigenvalue weighted by atomic mass is 10.3. The third-order valence-electron chi connectivity index (χ3n) is 1.29. The van der Waals surface area contributed by atoms with E-state index in [-0.39, 0.29) is 5.97 Å². The van der Waals surface area contributed by atoms with E-state index in [9.17, 15) is 4.79 Å². The van der Waals surface area contributed by atoms with Crippen LogP contribution in [0.15, 0.2) is 31.1 Å². The van der Waals surface area contributed by atoms with Gasteiger partial charge in [-0.2, -0.15) is 0 Å². The molecular formula is C11H15NO2. The molecule has 0 amide bonds. The first kappa shape index (κ1) is 12.4. The number of hydrogen-bond acceptors (Lipinski definition) is 3. The summed E-state index contributed by atoms with van der Waals surface area (Å²) in [7, 11) is 0. The van der Waals surface area contributed by atoms with Crippen molar-refractivity contribution in [3.05, 3.63) is 36.7 Å². The van der Waals surface area contributed by atoms with Gasteiger partial charge in [-0.3, -0.25) is 9.78 Å². The molecule has 0 radical (unpaired) electrons. The number of carbonyl (C=O) groups excluding carboxylic acids is 1. The molecule has 14 heavy (non-hydrogen) atoms. The fourth-order valence-electron chi connectivity index (χ4n) is 0.703. The Morgan fingerprint density at radius 2 is 2.14 bits per heavy atom. The lowest BCUT2D eigenvalue weighted by Crippen LogP contribution is -1.95. The van der Waals surface area contributed by atoms with Crippen LogP contribution in [0.5, 0.6) is 0 Å². The minimum Gasteiger partial charge on any atom is -0.466 e. The van der Waals surface area contributed by atoms with Gasteiger partial charge in [0.2, 0.25) is 0 Å². The first-order valence-electron chi connectivity index (χ1n) is 4.36. The normalized spacial score (nSPS) is 8.14. The third kappa shape index (κ3) is 7.03. The fraction of sp³-hybridized carbons (Fsp3) is 0.273. The van der Waals surface area contributed by atoms with Crippen LogP contribution in [0.4, 0.5) is 0 Å². The Labute approximate surface area is 84.4 Å². The zero-order valence-corrected chi connectivity index (χ0v) is 8.56. The van der Waals surface area contributed by atoms with Crippen molar-refractivity contribution < 1.29 is 9.53 Å². The summed E-state index contributed by atoms with van der Waals surface area (Å²) in [4.78, 5) is 13.7. The van der Waals surface area contributed by atoms with Gasteiger partial charge >= 0.3 is 5.97 Å². The molecule has 76 valence electrons. The van der Waals surface area contributed by atoms with Gasteiger partial charge in [0.1, 0.15) is 0 Å². The second kappa shape index (κ2) is 7.98. The zero-order valence-electron chi connectivity index (χ0n) is 8.56. The van der Waals surface area contributed by atoms with E-state index < -0.39 is 0 Å². The molecule has 0 aliphatic heterocycles. The number of hydrogen-bond donors (Lipinski definition) is 0. The Bertz CT molecular complexity index is 270. The minimum atomic E-state index is -0.211. The summed E-state index contributed by atoms with van der Waals surface area (Å²) in [5, 5.41) is 0. The third-order valence-corrected chi connectivity index (χ3v) is 1.29. The number of aromatic nitrogens is 1. The van der Waals surface area contributed by atoms with E-state index in [0.29, 0.717) is 6.61 Å². The summed E-state index contributed by atoms with van der Waals surface area (Å²) in [5.74, 6) is -0.211.